The van der Waals surface area contributed by atoms with Crippen LogP contribution in [0.2, 0.25) is 0 Å². The van der Waals surface area contributed by atoms with Crippen LogP contribution in [0.25, 0.3) is 10.1 Å². The molecule has 2 aromatic rings. The van der Waals surface area contributed by atoms with Crippen LogP contribution in [0.4, 0.5) is 0 Å². The fraction of sp³-hybridized carbons (Fsp3) is 0.579. The van der Waals surface area contributed by atoms with E-state index in [1.807, 2.05) is 11.3 Å². The van der Waals surface area contributed by atoms with E-state index in [1.165, 1.54) is 47.8 Å². The molecular formula is C19H27NS. The lowest BCUT2D eigenvalue weighted by Crippen LogP contribution is -2.35. The molecule has 1 saturated carbocycles. The number of hydrogen-bond donors (Lipinski definition) is 1. The summed E-state index contributed by atoms with van der Waals surface area (Å²) in [6.45, 7) is 4.75. The zero-order chi connectivity index (χ0) is 14.9. The van der Waals surface area contributed by atoms with Crippen molar-refractivity contribution in [1.29, 1.82) is 0 Å². The summed E-state index contributed by atoms with van der Waals surface area (Å²) in [6.07, 6.45) is 6.87. The van der Waals surface area contributed by atoms with Crippen molar-refractivity contribution >= 4 is 21.4 Å². The van der Waals surface area contributed by atoms with Crippen molar-refractivity contribution in [2.24, 2.45) is 11.3 Å². The largest absolute Gasteiger partial charge is 0.312 e. The molecule has 0 radical (unpaired) electrons. The highest BCUT2D eigenvalue weighted by atomic mass is 32.1. The maximum absolute atomic E-state index is 3.70. The maximum atomic E-state index is 3.70. The number of benzene rings is 1. The van der Waals surface area contributed by atoms with Crippen LogP contribution in [0, 0.1) is 11.3 Å². The summed E-state index contributed by atoms with van der Waals surface area (Å²) < 4.78 is 1.48. The third-order valence-corrected chi connectivity index (χ3v) is 6.11. The van der Waals surface area contributed by atoms with Gasteiger partial charge in [0.15, 0.2) is 0 Å². The quantitative estimate of drug-likeness (QED) is 0.739. The molecule has 0 bridgehead atoms. The number of nitrogens with one attached hydrogen (secondary N) is 1. The first kappa shape index (κ1) is 15.1. The maximum Gasteiger partial charge on any atom is 0.0390 e. The first-order valence-corrected chi connectivity index (χ1v) is 9.18. The molecule has 1 fully saturated rings. The molecule has 114 valence electrons. The minimum Gasteiger partial charge on any atom is -0.312 e. The van der Waals surface area contributed by atoms with Crippen LogP contribution >= 0.6 is 11.3 Å². The van der Waals surface area contributed by atoms with Gasteiger partial charge < -0.3 is 5.32 Å². The van der Waals surface area contributed by atoms with Crippen molar-refractivity contribution in [3.8, 4) is 0 Å². The summed E-state index contributed by atoms with van der Waals surface area (Å²) >= 11 is 1.89. The Morgan fingerprint density at radius 2 is 1.95 bits per heavy atom. The van der Waals surface area contributed by atoms with Crippen molar-refractivity contribution in [3.63, 3.8) is 0 Å². The van der Waals surface area contributed by atoms with Crippen LogP contribution < -0.4 is 5.32 Å². The summed E-state index contributed by atoms with van der Waals surface area (Å²) in [7, 11) is 2.15. The van der Waals surface area contributed by atoms with Crippen molar-refractivity contribution in [2.75, 3.05) is 7.05 Å². The number of fused-ring (bicyclic) bond motifs is 1. The highest BCUT2D eigenvalue weighted by Gasteiger charge is 2.42. The Morgan fingerprint density at radius 1 is 1.19 bits per heavy atom. The van der Waals surface area contributed by atoms with Gasteiger partial charge in [-0.15, -0.1) is 11.3 Å². The Labute approximate surface area is 132 Å². The number of rotatable bonds is 5. The van der Waals surface area contributed by atoms with Gasteiger partial charge in [0.25, 0.3) is 0 Å². The summed E-state index contributed by atoms with van der Waals surface area (Å²) in [5.74, 6) is 0.765. The fourth-order valence-electron chi connectivity index (χ4n) is 4.54. The number of thiophene rings is 1. The molecule has 0 aliphatic heterocycles. The molecule has 0 saturated heterocycles. The molecule has 21 heavy (non-hydrogen) atoms. The van der Waals surface area contributed by atoms with E-state index in [9.17, 15) is 0 Å². The molecule has 1 aromatic carbocycles. The van der Waals surface area contributed by atoms with E-state index in [0.717, 1.165) is 5.92 Å². The summed E-state index contributed by atoms with van der Waals surface area (Å²) in [4.78, 5) is 0. The predicted molar refractivity (Wildman–Crippen MR) is 94.0 cm³/mol. The second-order valence-corrected chi connectivity index (χ2v) is 7.99. The van der Waals surface area contributed by atoms with E-state index in [2.05, 4.69) is 55.9 Å². The zero-order valence-electron chi connectivity index (χ0n) is 13.5. The van der Waals surface area contributed by atoms with Crippen molar-refractivity contribution in [1.82, 2.24) is 5.32 Å². The van der Waals surface area contributed by atoms with Gasteiger partial charge in [-0.25, -0.2) is 0 Å². The lowest BCUT2D eigenvalue weighted by Gasteiger charge is -2.39. The Bertz CT molecular complexity index is 592. The molecule has 1 heterocycles. The van der Waals surface area contributed by atoms with Gasteiger partial charge in [0.1, 0.15) is 0 Å². The average Bonchev–Trinajstić information content (AvgIpc) is 3.08. The summed E-state index contributed by atoms with van der Waals surface area (Å²) in [5, 5.41) is 7.32. The van der Waals surface area contributed by atoms with Crippen LogP contribution in [-0.4, -0.2) is 7.05 Å². The van der Waals surface area contributed by atoms with Crippen LogP contribution in [0.1, 0.15) is 57.6 Å². The Kier molecular flexibility index (Phi) is 4.37. The molecule has 1 aromatic heterocycles. The van der Waals surface area contributed by atoms with Gasteiger partial charge in [-0.3, -0.25) is 0 Å². The molecule has 0 amide bonds. The topological polar surface area (TPSA) is 12.0 Å². The minimum atomic E-state index is 0.446. The minimum absolute atomic E-state index is 0.446. The van der Waals surface area contributed by atoms with Crippen LogP contribution in [0.5, 0.6) is 0 Å². The molecule has 1 aliphatic carbocycles. The fourth-order valence-corrected chi connectivity index (χ4v) is 5.48. The monoisotopic (exact) mass is 301 g/mol. The third kappa shape index (κ3) is 2.76. The van der Waals surface area contributed by atoms with E-state index in [4.69, 9.17) is 0 Å². The van der Waals surface area contributed by atoms with Gasteiger partial charge in [-0.05, 0) is 60.0 Å². The molecular weight excluding hydrogens is 274 g/mol. The highest BCUT2D eigenvalue weighted by molar-refractivity contribution is 7.17. The van der Waals surface area contributed by atoms with Gasteiger partial charge in [0.05, 0.1) is 0 Å². The van der Waals surface area contributed by atoms with Gasteiger partial charge in [0.2, 0.25) is 0 Å². The smallest absolute Gasteiger partial charge is 0.0390 e. The average molecular weight is 301 g/mol. The Balaban J connectivity index is 2.05. The third-order valence-electron chi connectivity index (χ3n) is 5.14. The lowest BCUT2D eigenvalue weighted by molar-refractivity contribution is 0.163. The van der Waals surface area contributed by atoms with Gasteiger partial charge >= 0.3 is 0 Å². The molecule has 1 aliphatic rings. The summed E-state index contributed by atoms with van der Waals surface area (Å²) in [6, 6.07) is 9.56. The first-order chi connectivity index (χ1) is 10.2. The molecule has 1 N–H and O–H groups in total. The summed E-state index contributed by atoms with van der Waals surface area (Å²) in [5.41, 5.74) is 1.97. The second-order valence-electron chi connectivity index (χ2n) is 7.08. The van der Waals surface area contributed by atoms with Gasteiger partial charge in [0, 0.05) is 10.7 Å². The molecule has 2 heteroatoms. The Morgan fingerprint density at radius 3 is 2.62 bits per heavy atom. The van der Waals surface area contributed by atoms with E-state index in [-0.39, 0.29) is 0 Å². The van der Waals surface area contributed by atoms with Gasteiger partial charge in [-0.1, -0.05) is 44.9 Å². The van der Waals surface area contributed by atoms with Crippen LogP contribution in [0.3, 0.4) is 0 Å². The van der Waals surface area contributed by atoms with E-state index < -0.39 is 0 Å². The second kappa shape index (κ2) is 6.10. The molecule has 1 unspecified atom stereocenters. The first-order valence-electron chi connectivity index (χ1n) is 8.30. The molecule has 1 atom stereocenters. The van der Waals surface area contributed by atoms with E-state index >= 15 is 0 Å². The Hall–Kier alpha value is -0.860. The van der Waals surface area contributed by atoms with Crippen molar-refractivity contribution in [2.45, 2.75) is 52.0 Å². The standard InChI is InChI=1S/C19H27NS/c1-14(2)13-19(10-4-5-11-19)18(20-3)16-8-6-7-15-9-12-21-17(15)16/h6-9,12,14,18,20H,4-5,10-11,13H2,1-3H3. The number of hydrogen-bond acceptors (Lipinski definition) is 2. The van der Waals surface area contributed by atoms with Crippen LogP contribution in [0.15, 0.2) is 29.6 Å². The molecule has 1 nitrogen and oxygen atoms in total. The van der Waals surface area contributed by atoms with E-state index in [0.29, 0.717) is 11.5 Å². The van der Waals surface area contributed by atoms with Gasteiger partial charge in [-0.2, -0.15) is 0 Å². The highest BCUT2D eigenvalue weighted by Crippen LogP contribution is 2.52. The predicted octanol–water partition coefficient (Wildman–Crippen LogP) is 5.77. The normalized spacial score (nSPS) is 19.4. The SMILES string of the molecule is CNC(c1cccc2ccsc12)C1(CC(C)C)CCCC1. The van der Waals surface area contributed by atoms with Crippen molar-refractivity contribution in [3.05, 3.63) is 35.2 Å². The lowest BCUT2D eigenvalue weighted by atomic mass is 9.70. The van der Waals surface area contributed by atoms with E-state index in [1.54, 1.807) is 0 Å². The molecule has 0 spiro atoms. The zero-order valence-corrected chi connectivity index (χ0v) is 14.3. The van der Waals surface area contributed by atoms with Crippen LogP contribution in [-0.2, 0) is 0 Å². The van der Waals surface area contributed by atoms with Crippen molar-refractivity contribution < 1.29 is 0 Å². The molecule has 3 rings (SSSR count).